The van der Waals surface area contributed by atoms with Gasteiger partial charge in [0.15, 0.2) is 0 Å². The quantitative estimate of drug-likeness (QED) is 0.791. The zero-order valence-corrected chi connectivity index (χ0v) is 9.29. The monoisotopic (exact) mass is 202 g/mol. The molecular formula is C13H18N2. The first-order valence-corrected chi connectivity index (χ1v) is 5.79. The first-order chi connectivity index (χ1) is 7.18. The second-order valence-corrected chi connectivity index (χ2v) is 5.13. The molecule has 80 valence electrons. The molecule has 2 N–H and O–H groups in total. The van der Waals surface area contributed by atoms with Gasteiger partial charge in [0.1, 0.15) is 0 Å². The molecule has 1 aromatic rings. The third-order valence-electron chi connectivity index (χ3n) is 3.79. The maximum absolute atomic E-state index is 6.19. The van der Waals surface area contributed by atoms with Gasteiger partial charge in [0, 0.05) is 24.8 Å². The number of fused-ring (bicyclic) bond motifs is 1. The van der Waals surface area contributed by atoms with E-state index in [9.17, 15) is 0 Å². The first-order valence-electron chi connectivity index (χ1n) is 5.79. The van der Waals surface area contributed by atoms with E-state index in [1.165, 1.54) is 36.1 Å². The lowest BCUT2D eigenvalue weighted by atomic mass is 9.97. The third kappa shape index (κ3) is 1.53. The maximum atomic E-state index is 6.19. The fourth-order valence-corrected chi connectivity index (χ4v) is 2.55. The van der Waals surface area contributed by atoms with Crippen LogP contribution in [0, 0.1) is 0 Å². The molecule has 2 heteroatoms. The fraction of sp³-hybridized carbons (Fsp3) is 0.538. The Labute approximate surface area is 91.1 Å². The Morgan fingerprint density at radius 1 is 1.40 bits per heavy atom. The number of anilines is 1. The van der Waals surface area contributed by atoms with Gasteiger partial charge in [-0.3, -0.25) is 0 Å². The van der Waals surface area contributed by atoms with E-state index in [4.69, 9.17) is 5.73 Å². The van der Waals surface area contributed by atoms with Crippen molar-refractivity contribution in [3.05, 3.63) is 29.3 Å². The molecule has 1 saturated carbocycles. The molecule has 15 heavy (non-hydrogen) atoms. The Bertz CT molecular complexity index is 394. The molecule has 1 aliphatic heterocycles. The van der Waals surface area contributed by atoms with Crippen LogP contribution in [0.25, 0.3) is 0 Å². The highest BCUT2D eigenvalue weighted by Crippen LogP contribution is 2.38. The van der Waals surface area contributed by atoms with Crippen molar-refractivity contribution >= 4 is 5.69 Å². The van der Waals surface area contributed by atoms with E-state index in [1.54, 1.807) is 0 Å². The summed E-state index contributed by atoms with van der Waals surface area (Å²) in [6, 6.07) is 6.65. The van der Waals surface area contributed by atoms with Crippen molar-refractivity contribution in [2.75, 3.05) is 18.5 Å². The van der Waals surface area contributed by atoms with E-state index in [1.807, 2.05) is 0 Å². The Morgan fingerprint density at radius 2 is 2.20 bits per heavy atom. The molecule has 0 atom stereocenters. The number of hydrogen-bond donors (Lipinski definition) is 1. The summed E-state index contributed by atoms with van der Waals surface area (Å²) in [5, 5.41) is 0. The Morgan fingerprint density at radius 3 is 2.93 bits per heavy atom. The average Bonchev–Trinajstić information content (AvgIpc) is 2.81. The summed E-state index contributed by atoms with van der Waals surface area (Å²) >= 11 is 0. The fourth-order valence-electron chi connectivity index (χ4n) is 2.55. The molecule has 1 fully saturated rings. The predicted molar refractivity (Wildman–Crippen MR) is 63.3 cm³/mol. The second-order valence-electron chi connectivity index (χ2n) is 5.13. The second kappa shape index (κ2) is 2.99. The molecule has 3 rings (SSSR count). The van der Waals surface area contributed by atoms with Gasteiger partial charge in [-0.05, 0) is 42.9 Å². The van der Waals surface area contributed by atoms with Gasteiger partial charge >= 0.3 is 0 Å². The van der Waals surface area contributed by atoms with Crippen molar-refractivity contribution in [3.63, 3.8) is 0 Å². The summed E-state index contributed by atoms with van der Waals surface area (Å²) < 4.78 is 0. The zero-order chi connectivity index (χ0) is 10.5. The number of rotatable bonds is 2. The van der Waals surface area contributed by atoms with Crippen molar-refractivity contribution in [2.45, 2.75) is 31.2 Å². The summed E-state index contributed by atoms with van der Waals surface area (Å²) in [6.07, 6.45) is 4.67. The highest BCUT2D eigenvalue weighted by molar-refractivity contribution is 5.60. The third-order valence-corrected chi connectivity index (χ3v) is 3.79. The Balaban J connectivity index is 1.95. The Hall–Kier alpha value is -1.02. The van der Waals surface area contributed by atoms with Gasteiger partial charge in [-0.15, -0.1) is 0 Å². The molecule has 0 aromatic heterocycles. The average molecular weight is 202 g/mol. The van der Waals surface area contributed by atoms with E-state index in [2.05, 4.69) is 30.1 Å². The van der Waals surface area contributed by atoms with Crippen LogP contribution < -0.4 is 10.6 Å². The molecule has 1 heterocycles. The van der Waals surface area contributed by atoms with Crippen LogP contribution in [0.2, 0.25) is 0 Å². The van der Waals surface area contributed by atoms with Crippen molar-refractivity contribution in [1.82, 2.24) is 0 Å². The Kier molecular flexibility index (Phi) is 1.84. The number of hydrogen-bond acceptors (Lipinski definition) is 2. The highest BCUT2D eigenvalue weighted by atomic mass is 15.1. The largest absolute Gasteiger partial charge is 0.374 e. The molecule has 0 unspecified atom stereocenters. The van der Waals surface area contributed by atoms with Gasteiger partial charge in [-0.1, -0.05) is 12.1 Å². The van der Waals surface area contributed by atoms with E-state index in [0.717, 1.165) is 13.0 Å². The lowest BCUT2D eigenvalue weighted by Crippen LogP contribution is -2.25. The molecule has 1 aliphatic carbocycles. The van der Waals surface area contributed by atoms with Crippen LogP contribution in [0.1, 0.15) is 24.0 Å². The number of likely N-dealkylation sites (N-methyl/N-ethyl adjacent to an activating group) is 1. The van der Waals surface area contributed by atoms with E-state index >= 15 is 0 Å². The highest BCUT2D eigenvalue weighted by Gasteiger charge is 2.38. The minimum atomic E-state index is 0.135. The number of nitrogens with zero attached hydrogens (tertiary/aromatic N) is 1. The molecule has 0 saturated heterocycles. The predicted octanol–water partition coefficient (Wildman–Crippen LogP) is 1.71. The van der Waals surface area contributed by atoms with Crippen molar-refractivity contribution in [1.29, 1.82) is 0 Å². The molecule has 0 spiro atoms. The van der Waals surface area contributed by atoms with Crippen molar-refractivity contribution in [2.24, 2.45) is 5.73 Å². The first kappa shape index (κ1) is 9.22. The minimum Gasteiger partial charge on any atom is -0.374 e. The van der Waals surface area contributed by atoms with E-state index < -0.39 is 0 Å². The summed E-state index contributed by atoms with van der Waals surface area (Å²) in [6.45, 7) is 1.16. The SMILES string of the molecule is CN1CCc2c(CC3(N)CC3)cccc21. The summed E-state index contributed by atoms with van der Waals surface area (Å²) in [7, 11) is 2.17. The van der Waals surface area contributed by atoms with Gasteiger partial charge in [-0.25, -0.2) is 0 Å². The van der Waals surface area contributed by atoms with Crippen molar-refractivity contribution < 1.29 is 0 Å². The van der Waals surface area contributed by atoms with Crippen LogP contribution in [0.3, 0.4) is 0 Å². The van der Waals surface area contributed by atoms with Gasteiger partial charge in [0.25, 0.3) is 0 Å². The molecular weight excluding hydrogens is 184 g/mol. The van der Waals surface area contributed by atoms with Gasteiger partial charge < -0.3 is 10.6 Å². The minimum absolute atomic E-state index is 0.135. The molecule has 2 nitrogen and oxygen atoms in total. The number of nitrogens with two attached hydrogens (primary N) is 1. The molecule has 1 aromatic carbocycles. The lowest BCUT2D eigenvalue weighted by Gasteiger charge is -2.15. The summed E-state index contributed by atoms with van der Waals surface area (Å²) in [5.41, 5.74) is 10.8. The molecule has 0 radical (unpaired) electrons. The van der Waals surface area contributed by atoms with Crippen LogP contribution in [-0.4, -0.2) is 19.1 Å². The standard InChI is InChI=1S/C13H18N2/c1-15-8-5-11-10(3-2-4-12(11)15)9-13(14)6-7-13/h2-4H,5-9,14H2,1H3. The van der Waals surface area contributed by atoms with Gasteiger partial charge in [0.2, 0.25) is 0 Å². The summed E-state index contributed by atoms with van der Waals surface area (Å²) in [5.74, 6) is 0. The smallest absolute Gasteiger partial charge is 0.0399 e. The van der Waals surface area contributed by atoms with Crippen LogP contribution in [0.5, 0.6) is 0 Å². The molecule has 0 amide bonds. The van der Waals surface area contributed by atoms with Crippen LogP contribution in [-0.2, 0) is 12.8 Å². The number of benzene rings is 1. The molecule has 0 bridgehead atoms. The molecule has 2 aliphatic rings. The maximum Gasteiger partial charge on any atom is 0.0399 e. The van der Waals surface area contributed by atoms with E-state index in [-0.39, 0.29) is 5.54 Å². The van der Waals surface area contributed by atoms with Gasteiger partial charge in [0.05, 0.1) is 0 Å². The topological polar surface area (TPSA) is 29.3 Å². The zero-order valence-electron chi connectivity index (χ0n) is 9.29. The van der Waals surface area contributed by atoms with Crippen LogP contribution in [0.15, 0.2) is 18.2 Å². The lowest BCUT2D eigenvalue weighted by molar-refractivity contribution is 0.668. The van der Waals surface area contributed by atoms with Crippen molar-refractivity contribution in [3.8, 4) is 0 Å². The van der Waals surface area contributed by atoms with Crippen LogP contribution in [0.4, 0.5) is 5.69 Å². The summed E-state index contributed by atoms with van der Waals surface area (Å²) in [4.78, 5) is 2.34. The normalized spacial score (nSPS) is 21.6. The van der Waals surface area contributed by atoms with E-state index in [0.29, 0.717) is 0 Å². The van der Waals surface area contributed by atoms with Gasteiger partial charge in [-0.2, -0.15) is 0 Å². The van der Waals surface area contributed by atoms with Crippen LogP contribution >= 0.6 is 0 Å².